The van der Waals surface area contributed by atoms with E-state index < -0.39 is 0 Å². The number of carbonyl (C=O) groups excluding carboxylic acids is 1. The highest BCUT2D eigenvalue weighted by Gasteiger charge is 2.37. The van der Waals surface area contributed by atoms with Gasteiger partial charge >= 0.3 is 0 Å². The number of allylic oxidation sites excluding steroid dienone is 2. The lowest BCUT2D eigenvalue weighted by atomic mass is 9.79. The molecule has 0 radical (unpaired) electrons. The van der Waals surface area contributed by atoms with Crippen molar-refractivity contribution in [3.05, 3.63) is 16.4 Å². The van der Waals surface area contributed by atoms with Gasteiger partial charge < -0.3 is 4.74 Å². The second-order valence-corrected chi connectivity index (χ2v) is 7.12. The number of Topliss-reactive ketones (excluding diaryl/α,β-unsaturated/α-hetero) is 1. The van der Waals surface area contributed by atoms with Gasteiger partial charge in [0, 0.05) is 19.4 Å². The minimum Gasteiger partial charge on any atom is -0.381 e. The molecular formula is C14H20N4O2S. The Kier molecular flexibility index (Phi) is 3.79. The van der Waals surface area contributed by atoms with E-state index >= 15 is 0 Å². The van der Waals surface area contributed by atoms with Crippen LogP contribution in [0, 0.1) is 5.41 Å². The Morgan fingerprint density at radius 1 is 1.38 bits per heavy atom. The molecule has 0 amide bonds. The zero-order valence-electron chi connectivity index (χ0n) is 12.6. The van der Waals surface area contributed by atoms with E-state index in [9.17, 15) is 4.79 Å². The first-order valence-corrected chi connectivity index (χ1v) is 8.05. The maximum absolute atomic E-state index is 12.3. The Morgan fingerprint density at radius 3 is 2.95 bits per heavy atom. The number of ketones is 1. The van der Waals surface area contributed by atoms with Crippen molar-refractivity contribution in [2.45, 2.75) is 45.2 Å². The van der Waals surface area contributed by atoms with E-state index in [1.54, 1.807) is 0 Å². The molecule has 2 heterocycles. The van der Waals surface area contributed by atoms with Gasteiger partial charge in [0.25, 0.3) is 0 Å². The zero-order valence-corrected chi connectivity index (χ0v) is 13.4. The van der Waals surface area contributed by atoms with E-state index in [0.29, 0.717) is 26.1 Å². The Morgan fingerprint density at radius 2 is 2.19 bits per heavy atom. The highest BCUT2D eigenvalue weighted by Crippen LogP contribution is 2.43. The number of nitrogens with zero attached hydrogens (tertiary/aromatic N) is 3. The van der Waals surface area contributed by atoms with Gasteiger partial charge in [-0.2, -0.15) is 0 Å². The molecule has 1 aromatic rings. The molecule has 7 heteroatoms. The Balaban J connectivity index is 1.82. The quantitative estimate of drug-likeness (QED) is 0.859. The van der Waals surface area contributed by atoms with E-state index in [1.807, 2.05) is 11.6 Å². The van der Waals surface area contributed by atoms with Crippen molar-refractivity contribution in [3.63, 3.8) is 0 Å². The van der Waals surface area contributed by atoms with Gasteiger partial charge in [-0.15, -0.1) is 10.2 Å². The van der Waals surface area contributed by atoms with E-state index in [0.717, 1.165) is 28.0 Å². The average Bonchev–Trinajstić information content (AvgIpc) is 2.78. The van der Waals surface area contributed by atoms with Crippen molar-refractivity contribution in [2.75, 3.05) is 18.6 Å². The molecule has 114 valence electrons. The van der Waals surface area contributed by atoms with Gasteiger partial charge in [-0.25, -0.2) is 4.68 Å². The van der Waals surface area contributed by atoms with Crippen LogP contribution in [0.5, 0.6) is 0 Å². The number of thioether (sulfide) groups is 1. The van der Waals surface area contributed by atoms with Crippen molar-refractivity contribution < 1.29 is 9.53 Å². The van der Waals surface area contributed by atoms with Gasteiger partial charge in [-0.3, -0.25) is 10.2 Å². The largest absolute Gasteiger partial charge is 0.381 e. The zero-order chi connectivity index (χ0) is 15.0. The summed E-state index contributed by atoms with van der Waals surface area (Å²) in [5.74, 6) is 1.04. The summed E-state index contributed by atoms with van der Waals surface area (Å²) in [6.45, 7) is 7.54. The Bertz CT molecular complexity index is 606. The van der Waals surface area contributed by atoms with Crippen LogP contribution in [0.15, 0.2) is 15.8 Å². The molecule has 0 atom stereocenters. The van der Waals surface area contributed by atoms with Crippen molar-refractivity contribution in [2.24, 2.45) is 5.41 Å². The number of carbonyl (C=O) groups is 1. The van der Waals surface area contributed by atoms with Crippen LogP contribution in [0.1, 0.15) is 39.4 Å². The van der Waals surface area contributed by atoms with Gasteiger partial charge in [0.1, 0.15) is 0 Å². The number of nitrogens with one attached hydrogen (secondary N) is 1. The predicted molar refractivity (Wildman–Crippen MR) is 80.5 cm³/mol. The van der Waals surface area contributed by atoms with Gasteiger partial charge in [-0.05, 0) is 30.5 Å². The predicted octanol–water partition coefficient (Wildman–Crippen LogP) is 2.11. The number of hydrogen-bond donors (Lipinski definition) is 1. The molecule has 2 aliphatic rings. The molecule has 21 heavy (non-hydrogen) atoms. The molecule has 0 bridgehead atoms. The molecule has 1 aliphatic heterocycles. The fourth-order valence-corrected chi connectivity index (χ4v) is 3.62. The minimum absolute atomic E-state index is 0.000471. The topological polar surface area (TPSA) is 69.0 Å². The number of rotatable bonds is 4. The average molecular weight is 308 g/mol. The van der Waals surface area contributed by atoms with Crippen LogP contribution in [0.3, 0.4) is 0 Å². The summed E-state index contributed by atoms with van der Waals surface area (Å²) >= 11 is 1.43. The summed E-state index contributed by atoms with van der Waals surface area (Å²) < 4.78 is 7.26. The van der Waals surface area contributed by atoms with Crippen molar-refractivity contribution in [1.82, 2.24) is 14.9 Å². The molecule has 0 saturated carbocycles. The highest BCUT2D eigenvalue weighted by molar-refractivity contribution is 8.04. The number of hydrogen-bond acceptors (Lipinski definition) is 6. The van der Waals surface area contributed by atoms with E-state index in [-0.39, 0.29) is 11.2 Å². The first kappa shape index (κ1) is 14.6. The van der Waals surface area contributed by atoms with E-state index in [2.05, 4.69) is 29.5 Å². The molecule has 1 aliphatic carbocycles. The van der Waals surface area contributed by atoms with Crippen molar-refractivity contribution in [1.29, 1.82) is 0 Å². The second-order valence-electron chi connectivity index (χ2n) is 6.14. The van der Waals surface area contributed by atoms with Gasteiger partial charge in [-0.1, -0.05) is 13.8 Å². The molecule has 0 spiro atoms. The maximum Gasteiger partial charge on any atom is 0.215 e. The molecule has 0 fully saturated rings. The first-order valence-electron chi connectivity index (χ1n) is 7.23. The normalized spacial score (nSPS) is 20.0. The smallest absolute Gasteiger partial charge is 0.215 e. The summed E-state index contributed by atoms with van der Waals surface area (Å²) in [6.07, 6.45) is 2.16. The van der Waals surface area contributed by atoms with E-state index in [1.165, 1.54) is 11.8 Å². The monoisotopic (exact) mass is 308 g/mol. The molecule has 1 aromatic heterocycles. The third-order valence-corrected chi connectivity index (χ3v) is 4.76. The molecule has 0 aromatic carbocycles. The first-order chi connectivity index (χ1) is 10.00. The van der Waals surface area contributed by atoms with Crippen LogP contribution in [0.25, 0.3) is 0 Å². The van der Waals surface area contributed by atoms with Crippen molar-refractivity contribution in [3.8, 4) is 0 Å². The fourth-order valence-electron chi connectivity index (χ4n) is 2.69. The van der Waals surface area contributed by atoms with Crippen LogP contribution < -0.4 is 5.43 Å². The van der Waals surface area contributed by atoms with Crippen molar-refractivity contribution >= 4 is 17.5 Å². The van der Waals surface area contributed by atoms with Crippen LogP contribution in [-0.4, -0.2) is 33.9 Å². The van der Waals surface area contributed by atoms with Gasteiger partial charge in [0.15, 0.2) is 11.6 Å². The van der Waals surface area contributed by atoms with Gasteiger partial charge in [0.05, 0.1) is 17.2 Å². The lowest BCUT2D eigenvalue weighted by Crippen LogP contribution is -2.33. The standard InChI is InChI=1S/C14H20N4O2S/c1-4-20-6-5-11-15-16-13-18(11)17-9-7-14(2,3)8-10(19)12(9)21-13/h17H,4-8H2,1-3H3. The molecular weight excluding hydrogens is 288 g/mol. The number of fused-ring (bicyclic) bond motifs is 1. The lowest BCUT2D eigenvalue weighted by Gasteiger charge is -2.34. The minimum atomic E-state index is 0.000471. The third-order valence-electron chi connectivity index (χ3n) is 3.64. The summed E-state index contributed by atoms with van der Waals surface area (Å²) in [6, 6.07) is 0. The Labute approximate surface area is 128 Å². The summed E-state index contributed by atoms with van der Waals surface area (Å²) in [7, 11) is 0. The molecule has 0 saturated heterocycles. The summed E-state index contributed by atoms with van der Waals surface area (Å²) in [5.41, 5.74) is 4.33. The molecule has 1 N–H and O–H groups in total. The second kappa shape index (κ2) is 5.46. The van der Waals surface area contributed by atoms with Crippen LogP contribution in [-0.2, 0) is 16.0 Å². The van der Waals surface area contributed by atoms with E-state index in [4.69, 9.17) is 4.74 Å². The fraction of sp³-hybridized carbons (Fsp3) is 0.643. The van der Waals surface area contributed by atoms with Gasteiger partial charge in [0.2, 0.25) is 5.16 Å². The van der Waals surface area contributed by atoms with Crippen LogP contribution in [0.4, 0.5) is 0 Å². The SMILES string of the molecule is CCOCCc1nnc2n1NC1=C(S2)C(=O)CC(C)(C)C1. The third kappa shape index (κ3) is 2.85. The number of aromatic nitrogens is 3. The molecule has 3 rings (SSSR count). The van der Waals surface area contributed by atoms with Crippen LogP contribution in [0.2, 0.25) is 0 Å². The molecule has 0 unspecified atom stereocenters. The van der Waals surface area contributed by atoms with Crippen LogP contribution >= 0.6 is 11.8 Å². The number of ether oxygens (including phenoxy) is 1. The summed E-state index contributed by atoms with van der Waals surface area (Å²) in [4.78, 5) is 13.1. The highest BCUT2D eigenvalue weighted by atomic mass is 32.2. The maximum atomic E-state index is 12.3. The summed E-state index contributed by atoms with van der Waals surface area (Å²) in [5, 5.41) is 9.10. The molecule has 6 nitrogen and oxygen atoms in total. The lowest BCUT2D eigenvalue weighted by molar-refractivity contribution is -0.117. The Hall–Kier alpha value is -1.34.